The summed E-state index contributed by atoms with van der Waals surface area (Å²) in [5, 5.41) is 57.4. The van der Waals surface area contributed by atoms with Crippen LogP contribution in [0, 0.1) is 16.7 Å². The maximum Gasteiger partial charge on any atom is 0.326 e. The highest BCUT2D eigenvalue weighted by molar-refractivity contribution is 5.98. The van der Waals surface area contributed by atoms with E-state index in [-0.39, 0.29) is 95.3 Å². The number of nitrogens with one attached hydrogen (secondary N) is 11. The fraction of sp³-hybridized carbons (Fsp3) is 0.600. The fourth-order valence-corrected chi connectivity index (χ4v) is 8.12. The molecule has 1 aromatic rings. The van der Waals surface area contributed by atoms with E-state index >= 15 is 0 Å². The molecule has 3 rings (SSSR count). The van der Waals surface area contributed by atoms with Gasteiger partial charge in [0.2, 0.25) is 53.2 Å². The number of carboxylic acids is 1. The number of aliphatic carboxylic acids is 1. The van der Waals surface area contributed by atoms with E-state index in [2.05, 4.69) is 47.9 Å². The summed E-state index contributed by atoms with van der Waals surface area (Å²) >= 11 is 0. The van der Waals surface area contributed by atoms with Gasteiger partial charge >= 0.3 is 5.97 Å². The maximum atomic E-state index is 14.2. The summed E-state index contributed by atoms with van der Waals surface area (Å²) in [4.78, 5) is 135. The Morgan fingerprint density at radius 1 is 0.658 bits per heavy atom. The number of hydrogen-bond acceptors (Lipinski definition) is 14. The lowest BCUT2D eigenvalue weighted by Gasteiger charge is -2.29. The molecule has 0 unspecified atom stereocenters. The number of carbonyl (C=O) groups excluding carboxylic acids is 9. The van der Waals surface area contributed by atoms with E-state index in [9.17, 15) is 58.2 Å². The number of carbonyl (C=O) groups is 10. The number of amides is 9. The second-order valence-corrected chi connectivity index (χ2v) is 18.0. The first-order valence-electron chi connectivity index (χ1n) is 24.0. The van der Waals surface area contributed by atoms with Gasteiger partial charge in [-0.2, -0.15) is 0 Å². The highest BCUT2D eigenvalue weighted by Gasteiger charge is 2.39. The molecule has 28 nitrogen and oxygen atoms in total. The summed E-state index contributed by atoms with van der Waals surface area (Å²) in [5.74, 6) is -9.03. The second kappa shape index (κ2) is 29.5. The van der Waals surface area contributed by atoms with Crippen LogP contribution >= 0.6 is 0 Å². The predicted molar refractivity (Wildman–Crippen MR) is 262 cm³/mol. The van der Waals surface area contributed by atoms with Crippen molar-refractivity contribution in [2.24, 2.45) is 23.1 Å². The molecule has 0 bridgehead atoms. The van der Waals surface area contributed by atoms with Crippen molar-refractivity contribution in [2.45, 2.75) is 121 Å². The molecule has 0 aromatic heterocycles. The molecule has 2 fully saturated rings. The molecule has 2 saturated heterocycles. The summed E-state index contributed by atoms with van der Waals surface area (Å²) in [6.45, 7) is 3.82. The van der Waals surface area contributed by atoms with Crippen LogP contribution in [0.4, 0.5) is 0 Å². The van der Waals surface area contributed by atoms with Crippen molar-refractivity contribution in [1.82, 2.24) is 57.7 Å². The number of rotatable bonds is 28. The van der Waals surface area contributed by atoms with E-state index < -0.39 is 120 Å². The van der Waals surface area contributed by atoms with E-state index in [1.54, 1.807) is 13.8 Å². The Labute approximate surface area is 422 Å². The number of nitrogens with zero attached hydrogens (tertiary/aromatic N) is 2. The van der Waals surface area contributed by atoms with Crippen molar-refractivity contribution in [3.8, 4) is 5.75 Å². The van der Waals surface area contributed by atoms with Gasteiger partial charge in [-0.05, 0) is 81.9 Å². The molecule has 2 aliphatic heterocycles. The third kappa shape index (κ3) is 19.7. The molecule has 0 aliphatic carbocycles. The van der Waals surface area contributed by atoms with Gasteiger partial charge in [0.05, 0.1) is 19.6 Å². The second-order valence-electron chi connectivity index (χ2n) is 18.0. The molecule has 2 heterocycles. The Balaban J connectivity index is 1.77. The van der Waals surface area contributed by atoms with Crippen molar-refractivity contribution in [3.05, 3.63) is 29.8 Å². The summed E-state index contributed by atoms with van der Waals surface area (Å²) < 4.78 is 0. The molecule has 2 aliphatic rings. The van der Waals surface area contributed by atoms with Gasteiger partial charge in [0, 0.05) is 32.6 Å². The number of nitrogens with two attached hydrogens (primary N) is 3. The van der Waals surface area contributed by atoms with Gasteiger partial charge < -0.3 is 85.1 Å². The normalized spacial score (nSPS) is 17.1. The Kier molecular flexibility index (Phi) is 24.1. The summed E-state index contributed by atoms with van der Waals surface area (Å²) in [5.41, 5.74) is 16.6. The average Bonchev–Trinajstić information content (AvgIpc) is 4.05. The quantitative estimate of drug-likeness (QED) is 0.0212. The minimum absolute atomic E-state index is 0.0113. The molecule has 19 N–H and O–H groups in total. The Morgan fingerprint density at radius 3 is 1.77 bits per heavy atom. The summed E-state index contributed by atoms with van der Waals surface area (Å²) in [7, 11) is 0. The van der Waals surface area contributed by atoms with Crippen LogP contribution in [0.1, 0.15) is 77.7 Å². The Bertz CT molecular complexity index is 2160. The number of carboxylic acid groups (broad SMARTS) is 1. The number of likely N-dealkylation sites (tertiary alicyclic amines) is 2. The zero-order chi connectivity index (χ0) is 54.4. The molecule has 28 heteroatoms. The van der Waals surface area contributed by atoms with Gasteiger partial charge in [-0.25, -0.2) is 4.79 Å². The van der Waals surface area contributed by atoms with Gasteiger partial charge in [0.15, 0.2) is 11.9 Å². The number of benzene rings is 1. The first-order valence-corrected chi connectivity index (χ1v) is 24.0. The third-order valence-electron chi connectivity index (χ3n) is 12.0. The van der Waals surface area contributed by atoms with Crippen LogP contribution in [-0.2, 0) is 54.4 Å². The van der Waals surface area contributed by atoms with Gasteiger partial charge in [-0.1, -0.05) is 26.0 Å². The molecule has 73 heavy (non-hydrogen) atoms. The number of hydrogen-bond donors (Lipinski definition) is 16. The SMILES string of the molecule is CC(C)[C@@H](NC(=O)[C@H](CCCNC(=N)N)NC(=O)[C@@H](Cc1ccc(O)cc1)NC(=O)[C@@H]1CCCN1C(=O)CNC(=O)CN)C(=O)NCC(=O)N[C@@H](CCCNC(=N)N)C(=O)N[C@@H](C)C(=O)N1CCC[C@H]1C(=O)O. The van der Waals surface area contributed by atoms with Crippen LogP contribution in [0.3, 0.4) is 0 Å². The first-order chi connectivity index (χ1) is 34.5. The van der Waals surface area contributed by atoms with Crippen LogP contribution in [0.5, 0.6) is 5.75 Å². The highest BCUT2D eigenvalue weighted by atomic mass is 16.4. The smallest absolute Gasteiger partial charge is 0.326 e. The van der Waals surface area contributed by atoms with Crippen molar-refractivity contribution in [1.29, 1.82) is 10.8 Å². The molecule has 1 aromatic carbocycles. The fourth-order valence-electron chi connectivity index (χ4n) is 8.12. The Morgan fingerprint density at radius 2 is 1.21 bits per heavy atom. The minimum atomic E-state index is -1.36. The molecule has 0 saturated carbocycles. The molecule has 0 spiro atoms. The topological polar surface area (TPSA) is 452 Å². The van der Waals surface area contributed by atoms with Crippen LogP contribution < -0.4 is 65.1 Å². The predicted octanol–water partition coefficient (Wildman–Crippen LogP) is -5.18. The molecular weight excluding hydrogens is 957 g/mol. The lowest BCUT2D eigenvalue weighted by atomic mass is 10.0. The lowest BCUT2D eigenvalue weighted by molar-refractivity contribution is -0.149. The van der Waals surface area contributed by atoms with Gasteiger partial charge in [-0.3, -0.25) is 54.0 Å². The standard InChI is InChI=1S/C45H72N16O12/c1-24(2)36(41(70)54-22-34(64)56-28(8-4-16-51-44(47)48)37(66)55-25(3)42(71)61-19-7-11-32(61)43(72)73)59-38(67)29(9-5-17-52-45(49)50)57-39(68)30(20-26-12-14-27(62)15-13-26)58-40(69)31-10-6-18-60(31)35(65)23-53-33(63)21-46/h12-15,24-25,28-32,36,62H,4-11,16-23,46H2,1-3H3,(H,53,63)(H,54,70)(H,55,66)(H,56,64)(H,57,68)(H,58,69)(H,59,67)(H,72,73)(H4,47,48,51)(H4,49,50,52)/t25-,28-,29-,30+,31-,32-,36+/m0/s1. The highest BCUT2D eigenvalue weighted by Crippen LogP contribution is 2.20. The van der Waals surface area contributed by atoms with E-state index in [0.29, 0.717) is 18.4 Å². The van der Waals surface area contributed by atoms with Gasteiger partial charge in [0.1, 0.15) is 48.0 Å². The Hall–Kier alpha value is -7.78. The number of phenolic OH excluding ortho intramolecular Hbond substituents is 1. The lowest BCUT2D eigenvalue weighted by Crippen LogP contribution is -2.59. The third-order valence-corrected chi connectivity index (χ3v) is 12.0. The first kappa shape index (κ1) is 59.5. The van der Waals surface area contributed by atoms with Crippen molar-refractivity contribution >= 4 is 71.1 Å². The number of guanidine groups is 2. The monoisotopic (exact) mass is 1030 g/mol. The summed E-state index contributed by atoms with van der Waals surface area (Å²) in [6, 6.07) is -2.67. The van der Waals surface area contributed by atoms with Crippen LogP contribution in [0.2, 0.25) is 0 Å². The molecule has 9 amide bonds. The van der Waals surface area contributed by atoms with E-state index in [1.807, 2.05) is 0 Å². The van der Waals surface area contributed by atoms with E-state index in [4.69, 9.17) is 28.0 Å². The average molecular weight is 1030 g/mol. The van der Waals surface area contributed by atoms with Crippen molar-refractivity contribution < 1.29 is 58.2 Å². The van der Waals surface area contributed by atoms with Gasteiger partial charge in [-0.15, -0.1) is 0 Å². The minimum Gasteiger partial charge on any atom is -0.508 e. The molecule has 7 atom stereocenters. The molecular formula is C45H72N16O12. The van der Waals surface area contributed by atoms with Crippen molar-refractivity contribution in [3.63, 3.8) is 0 Å². The molecule has 404 valence electrons. The molecule has 0 radical (unpaired) electrons. The number of phenols is 1. The van der Waals surface area contributed by atoms with E-state index in [1.165, 1.54) is 41.0 Å². The zero-order valence-electron chi connectivity index (χ0n) is 41.3. The van der Waals surface area contributed by atoms with Gasteiger partial charge in [0.25, 0.3) is 0 Å². The maximum absolute atomic E-state index is 14.2. The van der Waals surface area contributed by atoms with Crippen LogP contribution in [0.15, 0.2) is 24.3 Å². The van der Waals surface area contributed by atoms with E-state index in [0.717, 1.165) is 0 Å². The zero-order valence-corrected chi connectivity index (χ0v) is 41.3. The van der Waals surface area contributed by atoms with Crippen LogP contribution in [-0.4, -0.2) is 179 Å². The largest absolute Gasteiger partial charge is 0.508 e. The van der Waals surface area contributed by atoms with Crippen LogP contribution in [0.25, 0.3) is 0 Å². The van der Waals surface area contributed by atoms with Crippen molar-refractivity contribution in [2.75, 3.05) is 45.8 Å². The summed E-state index contributed by atoms with van der Waals surface area (Å²) in [6.07, 6.45) is 1.59. The number of aromatic hydroxyl groups is 1.